The zero-order chi connectivity index (χ0) is 14.5. The van der Waals surface area contributed by atoms with Crippen LogP contribution in [0.5, 0.6) is 0 Å². The molecule has 1 rings (SSSR count). The Kier molecular flexibility index (Phi) is 5.17. The molecule has 0 aliphatic heterocycles. The molecule has 3 N–H and O–H groups in total. The average Bonchev–Trinajstić information content (AvgIpc) is 2.25. The summed E-state index contributed by atoms with van der Waals surface area (Å²) in [6.45, 7) is 0.273. The summed E-state index contributed by atoms with van der Waals surface area (Å²) in [6, 6.07) is 4.85. The molecule has 1 aromatic carbocycles. The molecule has 7 heteroatoms. The fourth-order valence-corrected chi connectivity index (χ4v) is 1.47. The van der Waals surface area contributed by atoms with Gasteiger partial charge in [-0.3, -0.25) is 4.79 Å². The van der Waals surface area contributed by atoms with E-state index in [0.717, 1.165) is 5.56 Å². The minimum absolute atomic E-state index is 0.00274. The van der Waals surface area contributed by atoms with Crippen LogP contribution in [0, 0.1) is 6.92 Å². The number of hydrogen-bond donors (Lipinski definition) is 2. The molecule has 19 heavy (non-hydrogen) atoms. The van der Waals surface area contributed by atoms with Crippen LogP contribution in [-0.4, -0.2) is 31.8 Å². The van der Waals surface area contributed by atoms with Gasteiger partial charge >= 0.3 is 6.18 Å². The zero-order valence-electron chi connectivity index (χ0n) is 10.4. The predicted molar refractivity (Wildman–Crippen MR) is 64.8 cm³/mol. The van der Waals surface area contributed by atoms with E-state index < -0.39 is 18.7 Å². The summed E-state index contributed by atoms with van der Waals surface area (Å²) in [5, 5.41) is 2.45. The second-order valence-electron chi connectivity index (χ2n) is 4.06. The van der Waals surface area contributed by atoms with Crippen LogP contribution in [-0.2, 0) is 4.74 Å². The van der Waals surface area contributed by atoms with Crippen LogP contribution in [0.2, 0.25) is 0 Å². The van der Waals surface area contributed by atoms with Crippen molar-refractivity contribution in [2.24, 2.45) is 0 Å². The normalized spacial score (nSPS) is 11.4. The fraction of sp³-hybridized carbons (Fsp3) is 0.417. The van der Waals surface area contributed by atoms with Crippen molar-refractivity contribution in [1.82, 2.24) is 5.32 Å². The highest BCUT2D eigenvalue weighted by Crippen LogP contribution is 2.14. The number of aryl methyl sites for hydroxylation is 1. The molecule has 0 fully saturated rings. The third-order valence-corrected chi connectivity index (χ3v) is 2.16. The Bertz CT molecular complexity index is 427. The highest BCUT2D eigenvalue weighted by atomic mass is 19.4. The van der Waals surface area contributed by atoms with Crippen molar-refractivity contribution >= 4 is 11.6 Å². The van der Waals surface area contributed by atoms with Crippen LogP contribution in [0.4, 0.5) is 18.9 Å². The number of ether oxygens (including phenoxy) is 1. The van der Waals surface area contributed by atoms with Gasteiger partial charge in [-0.05, 0) is 30.7 Å². The first-order valence-electron chi connectivity index (χ1n) is 5.58. The monoisotopic (exact) mass is 276 g/mol. The Balaban J connectivity index is 2.35. The number of halogens is 3. The third-order valence-electron chi connectivity index (χ3n) is 2.16. The quantitative estimate of drug-likeness (QED) is 0.637. The molecule has 0 unspecified atom stereocenters. The Morgan fingerprint density at radius 2 is 2.05 bits per heavy atom. The first-order valence-corrected chi connectivity index (χ1v) is 5.58. The van der Waals surface area contributed by atoms with Gasteiger partial charge in [-0.1, -0.05) is 0 Å². The number of carbonyl (C=O) groups excluding carboxylic acids is 1. The maximum atomic E-state index is 11.8. The van der Waals surface area contributed by atoms with Gasteiger partial charge in [0.15, 0.2) is 0 Å². The number of rotatable bonds is 5. The van der Waals surface area contributed by atoms with Gasteiger partial charge < -0.3 is 15.8 Å². The van der Waals surface area contributed by atoms with E-state index in [1.54, 1.807) is 19.1 Å². The fourth-order valence-electron chi connectivity index (χ4n) is 1.47. The maximum Gasteiger partial charge on any atom is 0.411 e. The minimum atomic E-state index is -4.35. The van der Waals surface area contributed by atoms with E-state index in [2.05, 4.69) is 10.1 Å². The van der Waals surface area contributed by atoms with Gasteiger partial charge in [0.25, 0.3) is 5.91 Å². The van der Waals surface area contributed by atoms with Gasteiger partial charge in [0, 0.05) is 17.8 Å². The Hall–Kier alpha value is -1.76. The lowest BCUT2D eigenvalue weighted by atomic mass is 10.1. The average molecular weight is 276 g/mol. The highest BCUT2D eigenvalue weighted by Gasteiger charge is 2.27. The molecule has 0 saturated carbocycles. The molecule has 0 radical (unpaired) electrons. The second-order valence-corrected chi connectivity index (χ2v) is 4.06. The molecular formula is C12H15F3N2O2. The first-order chi connectivity index (χ1) is 8.78. The maximum absolute atomic E-state index is 11.8. The van der Waals surface area contributed by atoms with Crippen molar-refractivity contribution in [3.63, 3.8) is 0 Å². The number of anilines is 1. The molecule has 106 valence electrons. The van der Waals surface area contributed by atoms with E-state index in [1.807, 2.05) is 0 Å². The predicted octanol–water partition coefficient (Wildman–Crippen LogP) is 1.89. The summed E-state index contributed by atoms with van der Waals surface area (Å²) in [5.74, 6) is -0.397. The van der Waals surface area contributed by atoms with Crippen LogP contribution in [0.3, 0.4) is 0 Å². The number of nitrogen functional groups attached to an aromatic ring is 1. The molecule has 0 spiro atoms. The number of carbonyl (C=O) groups is 1. The SMILES string of the molecule is Cc1cc(N)cc(C(=O)NCCOCC(F)(F)F)c1. The van der Waals surface area contributed by atoms with Gasteiger partial charge in [-0.25, -0.2) is 0 Å². The molecule has 0 saturated heterocycles. The molecule has 0 aliphatic carbocycles. The second kappa shape index (κ2) is 6.42. The molecule has 0 atom stereocenters. The van der Waals surface area contributed by atoms with Crippen LogP contribution in [0.15, 0.2) is 18.2 Å². The number of nitrogens with one attached hydrogen (secondary N) is 1. The lowest BCUT2D eigenvalue weighted by Crippen LogP contribution is -2.29. The molecule has 0 bridgehead atoms. The lowest BCUT2D eigenvalue weighted by molar-refractivity contribution is -0.173. The molecule has 1 aromatic rings. The van der Waals surface area contributed by atoms with Crippen molar-refractivity contribution in [1.29, 1.82) is 0 Å². The van der Waals surface area contributed by atoms with E-state index in [0.29, 0.717) is 11.3 Å². The number of alkyl halides is 3. The summed E-state index contributed by atoms with van der Waals surface area (Å²) in [4.78, 5) is 11.7. The topological polar surface area (TPSA) is 64.4 Å². The lowest BCUT2D eigenvalue weighted by Gasteiger charge is -2.09. The number of benzene rings is 1. The standard InChI is InChI=1S/C12H15F3N2O2/c1-8-4-9(6-10(16)5-8)11(18)17-2-3-19-7-12(13,14)15/h4-6H,2-3,7,16H2,1H3,(H,17,18). The molecule has 0 aliphatic rings. The molecule has 0 heterocycles. The Labute approximate surface area is 108 Å². The summed E-state index contributed by atoms with van der Waals surface area (Å²) in [5.41, 5.74) is 7.25. The van der Waals surface area contributed by atoms with Crippen molar-refractivity contribution in [2.75, 3.05) is 25.5 Å². The van der Waals surface area contributed by atoms with Crippen molar-refractivity contribution in [3.8, 4) is 0 Å². The summed E-state index contributed by atoms with van der Waals surface area (Å²) in [7, 11) is 0. The smallest absolute Gasteiger partial charge is 0.399 e. The van der Waals surface area contributed by atoms with E-state index >= 15 is 0 Å². The van der Waals surface area contributed by atoms with Gasteiger partial charge in [-0.15, -0.1) is 0 Å². The molecular weight excluding hydrogens is 261 g/mol. The van der Waals surface area contributed by atoms with E-state index in [1.165, 1.54) is 6.07 Å². The van der Waals surface area contributed by atoms with Gasteiger partial charge in [0.05, 0.1) is 6.61 Å². The first kappa shape index (κ1) is 15.3. The van der Waals surface area contributed by atoms with Gasteiger partial charge in [-0.2, -0.15) is 13.2 Å². The van der Waals surface area contributed by atoms with Crippen LogP contribution in [0.1, 0.15) is 15.9 Å². The van der Waals surface area contributed by atoms with Gasteiger partial charge in [0.2, 0.25) is 0 Å². The van der Waals surface area contributed by atoms with Gasteiger partial charge in [0.1, 0.15) is 6.61 Å². The van der Waals surface area contributed by atoms with Crippen molar-refractivity contribution in [2.45, 2.75) is 13.1 Å². The van der Waals surface area contributed by atoms with E-state index in [-0.39, 0.29) is 13.2 Å². The number of hydrogen-bond acceptors (Lipinski definition) is 3. The summed E-state index contributed by atoms with van der Waals surface area (Å²) >= 11 is 0. The Morgan fingerprint density at radius 3 is 2.63 bits per heavy atom. The van der Waals surface area contributed by atoms with E-state index in [4.69, 9.17) is 5.73 Å². The Morgan fingerprint density at radius 1 is 1.37 bits per heavy atom. The molecule has 4 nitrogen and oxygen atoms in total. The van der Waals surface area contributed by atoms with Crippen molar-refractivity contribution < 1.29 is 22.7 Å². The molecule has 1 amide bonds. The largest absolute Gasteiger partial charge is 0.411 e. The third kappa shape index (κ3) is 6.10. The van der Waals surface area contributed by atoms with Crippen LogP contribution >= 0.6 is 0 Å². The van der Waals surface area contributed by atoms with Crippen LogP contribution in [0.25, 0.3) is 0 Å². The minimum Gasteiger partial charge on any atom is -0.399 e. The summed E-state index contributed by atoms with van der Waals surface area (Å²) in [6.07, 6.45) is -4.35. The zero-order valence-corrected chi connectivity index (χ0v) is 10.4. The summed E-state index contributed by atoms with van der Waals surface area (Å²) < 4.78 is 39.7. The van der Waals surface area contributed by atoms with Crippen LogP contribution < -0.4 is 11.1 Å². The highest BCUT2D eigenvalue weighted by molar-refractivity contribution is 5.95. The molecule has 0 aromatic heterocycles. The van der Waals surface area contributed by atoms with E-state index in [9.17, 15) is 18.0 Å². The van der Waals surface area contributed by atoms with Crippen molar-refractivity contribution in [3.05, 3.63) is 29.3 Å². The number of nitrogens with two attached hydrogens (primary N) is 1. The number of amides is 1.